The first-order valence-corrected chi connectivity index (χ1v) is 9.11. The van der Waals surface area contributed by atoms with Crippen molar-refractivity contribution in [2.45, 2.75) is 26.8 Å². The van der Waals surface area contributed by atoms with E-state index in [0.29, 0.717) is 0 Å². The third-order valence-corrected chi connectivity index (χ3v) is 4.76. The average molecular weight is 323 g/mol. The molecule has 3 rings (SSSR count). The lowest BCUT2D eigenvalue weighted by atomic mass is 10.1. The van der Waals surface area contributed by atoms with E-state index in [1.54, 1.807) is 0 Å². The van der Waals surface area contributed by atoms with Crippen LogP contribution in [-0.2, 0) is 6.54 Å². The molecule has 3 heteroatoms. The Kier molecular flexibility index (Phi) is 5.76. The number of benzene rings is 2. The molecule has 0 radical (unpaired) electrons. The highest BCUT2D eigenvalue weighted by molar-refractivity contribution is 5.55. The van der Waals surface area contributed by atoms with Crippen LogP contribution >= 0.6 is 0 Å². The van der Waals surface area contributed by atoms with Gasteiger partial charge in [-0.3, -0.25) is 4.90 Å². The van der Waals surface area contributed by atoms with Gasteiger partial charge in [0.05, 0.1) is 0 Å². The summed E-state index contributed by atoms with van der Waals surface area (Å²) in [6, 6.07) is 17.6. The number of piperazine rings is 1. The molecule has 3 nitrogen and oxygen atoms in total. The Morgan fingerprint density at radius 3 is 2.17 bits per heavy atom. The van der Waals surface area contributed by atoms with E-state index in [2.05, 4.69) is 77.5 Å². The second-order valence-corrected chi connectivity index (χ2v) is 6.71. The summed E-state index contributed by atoms with van der Waals surface area (Å²) in [5, 5.41) is 3.51. The Bertz CT molecular complexity index is 611. The highest BCUT2D eigenvalue weighted by Crippen LogP contribution is 2.20. The van der Waals surface area contributed by atoms with Crippen molar-refractivity contribution in [3.8, 4) is 0 Å². The Hall–Kier alpha value is -2.00. The molecule has 2 aromatic rings. The third kappa shape index (κ3) is 4.51. The number of hydrogen-bond donors (Lipinski definition) is 1. The molecule has 0 aliphatic carbocycles. The van der Waals surface area contributed by atoms with Gasteiger partial charge in [-0.15, -0.1) is 0 Å². The van der Waals surface area contributed by atoms with E-state index in [1.165, 1.54) is 48.6 Å². The van der Waals surface area contributed by atoms with Crippen LogP contribution in [0.5, 0.6) is 0 Å². The minimum atomic E-state index is 0.870. The molecule has 0 atom stereocenters. The summed E-state index contributed by atoms with van der Waals surface area (Å²) in [6.45, 7) is 11.1. The molecule has 2 aromatic carbocycles. The van der Waals surface area contributed by atoms with E-state index in [9.17, 15) is 0 Å². The Labute approximate surface area is 146 Å². The summed E-state index contributed by atoms with van der Waals surface area (Å²) < 4.78 is 0. The standard InChI is InChI=1S/C21H29N3/c1-3-12-23-13-15-24(16-14-23)21-10-8-20(9-11-21)22-17-19-6-4-18(2)5-7-19/h4-11,22H,3,12-17H2,1-2H3. The van der Waals surface area contributed by atoms with E-state index >= 15 is 0 Å². The van der Waals surface area contributed by atoms with Crippen LogP contribution in [0.15, 0.2) is 48.5 Å². The molecule has 1 N–H and O–H groups in total. The van der Waals surface area contributed by atoms with E-state index in [-0.39, 0.29) is 0 Å². The van der Waals surface area contributed by atoms with Crippen molar-refractivity contribution in [2.24, 2.45) is 0 Å². The van der Waals surface area contributed by atoms with Crippen LogP contribution in [0.25, 0.3) is 0 Å². The van der Waals surface area contributed by atoms with Gasteiger partial charge in [-0.25, -0.2) is 0 Å². The van der Waals surface area contributed by atoms with E-state index in [0.717, 1.165) is 19.6 Å². The monoisotopic (exact) mass is 323 g/mol. The first-order chi connectivity index (χ1) is 11.7. The fourth-order valence-electron chi connectivity index (χ4n) is 3.25. The van der Waals surface area contributed by atoms with Crippen molar-refractivity contribution >= 4 is 11.4 Å². The molecule has 0 unspecified atom stereocenters. The molecule has 0 saturated carbocycles. The van der Waals surface area contributed by atoms with Gasteiger partial charge in [0.15, 0.2) is 0 Å². The SMILES string of the molecule is CCCN1CCN(c2ccc(NCc3ccc(C)cc3)cc2)CC1. The van der Waals surface area contributed by atoms with E-state index < -0.39 is 0 Å². The predicted octanol–water partition coefficient (Wildman–Crippen LogP) is 4.14. The first kappa shape index (κ1) is 16.8. The lowest BCUT2D eigenvalue weighted by Gasteiger charge is -2.36. The highest BCUT2D eigenvalue weighted by Gasteiger charge is 2.16. The number of aryl methyl sites for hydroxylation is 1. The van der Waals surface area contributed by atoms with Crippen LogP contribution in [0.3, 0.4) is 0 Å². The van der Waals surface area contributed by atoms with Crippen LogP contribution in [-0.4, -0.2) is 37.6 Å². The van der Waals surface area contributed by atoms with Gasteiger partial charge in [0.25, 0.3) is 0 Å². The molecule has 1 saturated heterocycles. The van der Waals surface area contributed by atoms with Crippen LogP contribution in [0.1, 0.15) is 24.5 Å². The smallest absolute Gasteiger partial charge is 0.0400 e. The Balaban J connectivity index is 1.51. The Morgan fingerprint density at radius 2 is 1.54 bits per heavy atom. The first-order valence-electron chi connectivity index (χ1n) is 9.11. The maximum absolute atomic E-state index is 3.51. The van der Waals surface area contributed by atoms with E-state index in [1.807, 2.05) is 0 Å². The molecule has 0 aromatic heterocycles. The quantitative estimate of drug-likeness (QED) is 0.862. The number of anilines is 2. The second-order valence-electron chi connectivity index (χ2n) is 6.71. The zero-order chi connectivity index (χ0) is 16.8. The molecular formula is C21H29N3. The lowest BCUT2D eigenvalue weighted by Crippen LogP contribution is -2.46. The fourth-order valence-corrected chi connectivity index (χ4v) is 3.25. The second kappa shape index (κ2) is 8.20. The topological polar surface area (TPSA) is 18.5 Å². The van der Waals surface area contributed by atoms with Gasteiger partial charge in [0, 0.05) is 44.1 Å². The van der Waals surface area contributed by atoms with Gasteiger partial charge in [0.2, 0.25) is 0 Å². The van der Waals surface area contributed by atoms with Crippen molar-refractivity contribution < 1.29 is 0 Å². The van der Waals surface area contributed by atoms with Gasteiger partial charge < -0.3 is 10.2 Å². The van der Waals surface area contributed by atoms with Crippen molar-refractivity contribution in [2.75, 3.05) is 42.9 Å². The molecule has 1 aliphatic rings. The van der Waals surface area contributed by atoms with Crippen molar-refractivity contribution in [1.82, 2.24) is 4.90 Å². The predicted molar refractivity (Wildman–Crippen MR) is 104 cm³/mol. The van der Waals surface area contributed by atoms with Gasteiger partial charge >= 0.3 is 0 Å². The largest absolute Gasteiger partial charge is 0.381 e. The molecule has 0 spiro atoms. The van der Waals surface area contributed by atoms with Crippen molar-refractivity contribution in [3.63, 3.8) is 0 Å². The number of hydrogen-bond acceptors (Lipinski definition) is 3. The zero-order valence-electron chi connectivity index (χ0n) is 15.0. The lowest BCUT2D eigenvalue weighted by molar-refractivity contribution is 0.258. The summed E-state index contributed by atoms with van der Waals surface area (Å²) in [7, 11) is 0. The molecule has 1 fully saturated rings. The zero-order valence-corrected chi connectivity index (χ0v) is 15.0. The molecule has 24 heavy (non-hydrogen) atoms. The summed E-state index contributed by atoms with van der Waals surface area (Å²) in [4.78, 5) is 5.06. The van der Waals surface area contributed by atoms with Crippen molar-refractivity contribution in [1.29, 1.82) is 0 Å². The summed E-state index contributed by atoms with van der Waals surface area (Å²) >= 11 is 0. The summed E-state index contributed by atoms with van der Waals surface area (Å²) in [6.07, 6.45) is 1.25. The Morgan fingerprint density at radius 1 is 0.875 bits per heavy atom. The molecular weight excluding hydrogens is 294 g/mol. The van der Waals surface area contributed by atoms with Crippen molar-refractivity contribution in [3.05, 3.63) is 59.7 Å². The third-order valence-electron chi connectivity index (χ3n) is 4.76. The van der Waals surface area contributed by atoms with Gasteiger partial charge in [-0.05, 0) is 49.7 Å². The number of rotatable bonds is 6. The molecule has 0 bridgehead atoms. The van der Waals surface area contributed by atoms with Gasteiger partial charge in [-0.2, -0.15) is 0 Å². The van der Waals surface area contributed by atoms with Crippen LogP contribution < -0.4 is 10.2 Å². The highest BCUT2D eigenvalue weighted by atomic mass is 15.3. The summed E-state index contributed by atoms with van der Waals surface area (Å²) in [5.74, 6) is 0. The van der Waals surface area contributed by atoms with Crippen LogP contribution in [0.2, 0.25) is 0 Å². The number of nitrogens with zero attached hydrogens (tertiary/aromatic N) is 2. The van der Waals surface area contributed by atoms with Crippen LogP contribution in [0, 0.1) is 6.92 Å². The number of nitrogens with one attached hydrogen (secondary N) is 1. The normalized spacial score (nSPS) is 15.5. The van der Waals surface area contributed by atoms with Crippen LogP contribution in [0.4, 0.5) is 11.4 Å². The molecule has 0 amide bonds. The fraction of sp³-hybridized carbons (Fsp3) is 0.429. The molecule has 128 valence electrons. The minimum Gasteiger partial charge on any atom is -0.381 e. The van der Waals surface area contributed by atoms with Gasteiger partial charge in [-0.1, -0.05) is 36.8 Å². The maximum atomic E-state index is 3.51. The molecule has 1 heterocycles. The van der Waals surface area contributed by atoms with Gasteiger partial charge in [0.1, 0.15) is 0 Å². The molecule has 1 aliphatic heterocycles. The van der Waals surface area contributed by atoms with E-state index in [4.69, 9.17) is 0 Å². The average Bonchev–Trinajstić information content (AvgIpc) is 2.63. The summed E-state index contributed by atoms with van der Waals surface area (Å²) in [5.41, 5.74) is 5.15. The minimum absolute atomic E-state index is 0.870. The maximum Gasteiger partial charge on any atom is 0.0400 e.